The second-order valence-electron chi connectivity index (χ2n) is 5.78. The van der Waals surface area contributed by atoms with E-state index in [1.54, 1.807) is 10.7 Å². The molecule has 0 amide bonds. The second kappa shape index (κ2) is 6.02. The van der Waals surface area contributed by atoms with Crippen molar-refractivity contribution in [2.24, 2.45) is 0 Å². The van der Waals surface area contributed by atoms with Crippen LogP contribution >= 0.6 is 11.8 Å². The molecule has 0 spiro atoms. The maximum atomic E-state index is 11.0. The lowest BCUT2D eigenvalue weighted by molar-refractivity contribution is -0.384. The number of hydrogen-bond donors (Lipinski definition) is 1. The van der Waals surface area contributed by atoms with Crippen LogP contribution in [0.1, 0.15) is 5.56 Å². The van der Waals surface area contributed by atoms with Gasteiger partial charge in [-0.3, -0.25) is 15.5 Å². The summed E-state index contributed by atoms with van der Waals surface area (Å²) in [6, 6.07) is 12.0. The van der Waals surface area contributed by atoms with Gasteiger partial charge in [0.15, 0.2) is 17.3 Å². The minimum Gasteiger partial charge on any atom is -0.454 e. The number of nitrogens with zero attached hydrogens (tertiary/aromatic N) is 4. The van der Waals surface area contributed by atoms with Crippen molar-refractivity contribution < 1.29 is 14.4 Å². The number of non-ortho nitro benzene ring substituents is 1. The highest BCUT2D eigenvalue weighted by atomic mass is 32.2. The predicted octanol–water partition coefficient (Wildman–Crippen LogP) is 3.23. The second-order valence-corrected chi connectivity index (χ2v) is 6.61. The molecule has 0 unspecified atom stereocenters. The topological polar surface area (TPSA) is 104 Å². The summed E-state index contributed by atoms with van der Waals surface area (Å²) in [5, 5.41) is 22.0. The number of ether oxygens (including phenoxy) is 2. The summed E-state index contributed by atoms with van der Waals surface area (Å²) >= 11 is 1.39. The molecule has 2 aromatic carbocycles. The van der Waals surface area contributed by atoms with Crippen LogP contribution in [0.4, 0.5) is 5.69 Å². The Morgan fingerprint density at radius 1 is 1.11 bits per heavy atom. The molecule has 9 nitrogen and oxygen atoms in total. The molecule has 0 radical (unpaired) electrons. The molecule has 0 fully saturated rings. The molecule has 0 saturated heterocycles. The molecule has 3 heterocycles. The van der Waals surface area contributed by atoms with Gasteiger partial charge in [0, 0.05) is 28.7 Å². The van der Waals surface area contributed by atoms with Gasteiger partial charge in [0.05, 0.1) is 10.6 Å². The number of nitro benzene ring substituents is 1. The molecule has 0 atom stereocenters. The molecular formula is C17H11N5O4S. The van der Waals surface area contributed by atoms with Crippen molar-refractivity contribution >= 4 is 23.1 Å². The lowest BCUT2D eigenvalue weighted by Crippen LogP contribution is -2.18. The molecule has 2 aliphatic rings. The zero-order chi connectivity index (χ0) is 18.4. The third kappa shape index (κ3) is 2.66. The number of nitrogens with one attached hydrogen (secondary N) is 1. The summed E-state index contributed by atoms with van der Waals surface area (Å²) in [5.74, 6) is 1.95. The molecule has 27 heavy (non-hydrogen) atoms. The molecule has 0 saturated carbocycles. The monoisotopic (exact) mass is 381 g/mol. The van der Waals surface area contributed by atoms with E-state index in [-0.39, 0.29) is 12.5 Å². The lowest BCUT2D eigenvalue weighted by Gasteiger charge is -2.19. The van der Waals surface area contributed by atoms with Crippen LogP contribution in [0.25, 0.3) is 17.1 Å². The Balaban J connectivity index is 1.50. The fourth-order valence-corrected chi connectivity index (χ4v) is 3.59. The van der Waals surface area contributed by atoms with E-state index in [9.17, 15) is 10.1 Å². The standard InChI is InChI=1S/C17H11N5O4S/c23-22(24)12-3-1-2-10(6-12)13-8-27-17-19-18-16(21(17)20-13)11-4-5-14-15(7-11)26-9-25-14/h1-8,20H,9H2. The third-order valence-corrected chi connectivity index (χ3v) is 4.98. The summed E-state index contributed by atoms with van der Waals surface area (Å²) in [4.78, 5) is 10.6. The molecular weight excluding hydrogens is 370 g/mol. The Bertz CT molecular complexity index is 1110. The van der Waals surface area contributed by atoms with Crippen molar-refractivity contribution in [2.75, 3.05) is 12.2 Å². The first-order valence-electron chi connectivity index (χ1n) is 7.93. The highest BCUT2D eigenvalue weighted by Gasteiger charge is 2.22. The first-order chi connectivity index (χ1) is 13.2. The third-order valence-electron chi connectivity index (χ3n) is 4.15. The Hall–Kier alpha value is -3.53. The van der Waals surface area contributed by atoms with Crippen molar-refractivity contribution in [3.05, 3.63) is 63.6 Å². The van der Waals surface area contributed by atoms with E-state index in [0.717, 1.165) is 11.3 Å². The lowest BCUT2D eigenvalue weighted by atomic mass is 10.1. The van der Waals surface area contributed by atoms with Gasteiger partial charge >= 0.3 is 0 Å². The highest BCUT2D eigenvalue weighted by Crippen LogP contribution is 2.37. The van der Waals surface area contributed by atoms with Gasteiger partial charge in [0.2, 0.25) is 11.9 Å². The molecule has 3 aromatic rings. The Morgan fingerprint density at radius 3 is 2.89 bits per heavy atom. The first kappa shape index (κ1) is 15.7. The average Bonchev–Trinajstić information content (AvgIpc) is 3.33. The van der Waals surface area contributed by atoms with Crippen LogP contribution < -0.4 is 14.9 Å². The van der Waals surface area contributed by atoms with Crippen molar-refractivity contribution in [1.29, 1.82) is 0 Å². The fraction of sp³-hybridized carbons (Fsp3) is 0.0588. The first-order valence-corrected chi connectivity index (χ1v) is 8.81. The van der Waals surface area contributed by atoms with Crippen LogP contribution in [0.2, 0.25) is 0 Å². The van der Waals surface area contributed by atoms with E-state index in [4.69, 9.17) is 9.47 Å². The van der Waals surface area contributed by atoms with E-state index >= 15 is 0 Å². The minimum atomic E-state index is -0.414. The van der Waals surface area contributed by atoms with Gasteiger partial charge in [-0.1, -0.05) is 23.9 Å². The zero-order valence-corrected chi connectivity index (χ0v) is 14.5. The van der Waals surface area contributed by atoms with Crippen LogP contribution in [-0.2, 0) is 0 Å². The van der Waals surface area contributed by atoms with Crippen molar-refractivity contribution in [3.63, 3.8) is 0 Å². The van der Waals surface area contributed by atoms with Gasteiger partial charge in [0.1, 0.15) is 0 Å². The van der Waals surface area contributed by atoms with Gasteiger partial charge in [-0.05, 0) is 18.2 Å². The summed E-state index contributed by atoms with van der Waals surface area (Å²) in [5.41, 5.74) is 5.50. The van der Waals surface area contributed by atoms with Crippen LogP contribution in [-0.4, -0.2) is 26.6 Å². The highest BCUT2D eigenvalue weighted by molar-refractivity contribution is 8.02. The van der Waals surface area contributed by atoms with E-state index in [1.807, 2.05) is 29.7 Å². The van der Waals surface area contributed by atoms with Crippen molar-refractivity contribution in [2.45, 2.75) is 5.16 Å². The molecule has 134 valence electrons. The number of benzene rings is 2. The molecule has 2 aliphatic heterocycles. The van der Waals surface area contributed by atoms with Gasteiger partial charge < -0.3 is 9.47 Å². The number of fused-ring (bicyclic) bond motifs is 2. The summed E-state index contributed by atoms with van der Waals surface area (Å²) in [6.45, 7) is 0.199. The van der Waals surface area contributed by atoms with Gasteiger partial charge in [-0.15, -0.1) is 10.2 Å². The van der Waals surface area contributed by atoms with Crippen LogP contribution in [0.15, 0.2) is 53.0 Å². The largest absolute Gasteiger partial charge is 0.454 e. The van der Waals surface area contributed by atoms with Crippen molar-refractivity contribution in [3.8, 4) is 22.9 Å². The molecule has 1 aromatic heterocycles. The predicted molar refractivity (Wildman–Crippen MR) is 97.9 cm³/mol. The average molecular weight is 381 g/mol. The van der Waals surface area contributed by atoms with E-state index in [2.05, 4.69) is 15.6 Å². The maximum absolute atomic E-state index is 11.0. The van der Waals surface area contributed by atoms with Crippen molar-refractivity contribution in [1.82, 2.24) is 14.9 Å². The smallest absolute Gasteiger partial charge is 0.270 e. The van der Waals surface area contributed by atoms with Gasteiger partial charge in [-0.25, -0.2) is 4.68 Å². The quantitative estimate of drug-likeness (QED) is 0.545. The SMILES string of the molecule is O=[N+]([O-])c1cccc(C2=CSc3nnc(-c4ccc5c(c4)OCO5)n3N2)c1. The molecule has 1 N–H and O–H groups in total. The summed E-state index contributed by atoms with van der Waals surface area (Å²) < 4.78 is 12.5. The van der Waals surface area contributed by atoms with E-state index in [0.29, 0.717) is 28.0 Å². The van der Waals surface area contributed by atoms with Crippen LogP contribution in [0, 0.1) is 10.1 Å². The van der Waals surface area contributed by atoms with Gasteiger partial charge in [0.25, 0.3) is 5.69 Å². The number of hydrogen-bond acceptors (Lipinski definition) is 8. The molecule has 10 heteroatoms. The Kier molecular flexibility index (Phi) is 3.50. The number of nitro groups is 1. The van der Waals surface area contributed by atoms with Gasteiger partial charge in [-0.2, -0.15) is 0 Å². The maximum Gasteiger partial charge on any atom is 0.270 e. The fourth-order valence-electron chi connectivity index (χ4n) is 2.85. The minimum absolute atomic E-state index is 0.0331. The molecule has 0 aliphatic carbocycles. The molecule has 0 bridgehead atoms. The Morgan fingerprint density at radius 2 is 2.00 bits per heavy atom. The number of thioether (sulfide) groups is 1. The Labute approximate surface area is 156 Å². The van der Waals surface area contributed by atoms with E-state index < -0.39 is 4.92 Å². The number of aromatic nitrogens is 3. The molecule has 5 rings (SSSR count). The van der Waals surface area contributed by atoms with Crippen LogP contribution in [0.5, 0.6) is 11.5 Å². The zero-order valence-electron chi connectivity index (χ0n) is 13.7. The summed E-state index contributed by atoms with van der Waals surface area (Å²) in [6.07, 6.45) is 0. The van der Waals surface area contributed by atoms with Crippen LogP contribution in [0.3, 0.4) is 0 Å². The van der Waals surface area contributed by atoms with E-state index in [1.165, 1.54) is 23.9 Å². The number of rotatable bonds is 3. The normalized spacial score (nSPS) is 14.3. The summed E-state index contributed by atoms with van der Waals surface area (Å²) in [7, 11) is 0.